The third kappa shape index (κ3) is 10.5. The summed E-state index contributed by atoms with van der Waals surface area (Å²) in [6, 6.07) is 0. The van der Waals surface area contributed by atoms with Crippen molar-refractivity contribution in [3.8, 4) is 0 Å². The van der Waals surface area contributed by atoms with E-state index >= 15 is 0 Å². The molecule has 0 N–H and O–H groups in total. The first-order valence-electron chi connectivity index (χ1n) is 7.17. The molecule has 0 rings (SSSR count). The molecule has 0 aliphatic heterocycles. The molecule has 0 aromatic heterocycles. The molecule has 0 heterocycles. The molecule has 5 nitrogen and oxygen atoms in total. The molecule has 112 valence electrons. The second-order valence-electron chi connectivity index (χ2n) is 4.29. The van der Waals surface area contributed by atoms with Crippen molar-refractivity contribution < 1.29 is 19.1 Å². The number of hydrogen-bond donors (Lipinski definition) is 0. The fourth-order valence-corrected chi connectivity index (χ4v) is 1.75. The number of unbranched alkanes of at least 4 members (excludes halogenated alkanes) is 2. The largest absolute Gasteiger partial charge is 0.466 e. The van der Waals surface area contributed by atoms with Gasteiger partial charge in [-0.1, -0.05) is 13.3 Å². The topological polar surface area (TPSA) is 55.8 Å². The van der Waals surface area contributed by atoms with Crippen LogP contribution >= 0.6 is 0 Å². The Morgan fingerprint density at radius 3 is 2.11 bits per heavy atom. The molecule has 0 aromatic rings. The third-order valence-electron chi connectivity index (χ3n) is 2.77. The minimum Gasteiger partial charge on any atom is -0.466 e. The first-order chi connectivity index (χ1) is 9.13. The van der Waals surface area contributed by atoms with E-state index in [1.807, 2.05) is 20.8 Å². The van der Waals surface area contributed by atoms with E-state index in [0.29, 0.717) is 26.2 Å². The standard InChI is InChI=1S/C14H27NO4/c1-4-15(12-14(17)19-6-3)11-9-7-8-10-13(16)18-5-2/h4-12H2,1-3H3. The van der Waals surface area contributed by atoms with Gasteiger partial charge in [-0.15, -0.1) is 0 Å². The second-order valence-corrected chi connectivity index (χ2v) is 4.29. The molecule has 0 aromatic carbocycles. The Bertz CT molecular complexity index is 256. The lowest BCUT2D eigenvalue weighted by atomic mass is 10.2. The average Bonchev–Trinajstić information content (AvgIpc) is 2.37. The van der Waals surface area contributed by atoms with E-state index in [0.717, 1.165) is 32.4 Å². The van der Waals surface area contributed by atoms with Gasteiger partial charge in [-0.25, -0.2) is 0 Å². The van der Waals surface area contributed by atoms with Crippen molar-refractivity contribution in [3.05, 3.63) is 0 Å². The summed E-state index contributed by atoms with van der Waals surface area (Å²) in [4.78, 5) is 24.5. The molecule has 0 spiro atoms. The Labute approximate surface area is 116 Å². The van der Waals surface area contributed by atoms with Crippen LogP contribution in [0.25, 0.3) is 0 Å². The SMILES string of the molecule is CCOC(=O)CCCCCN(CC)CC(=O)OCC. The van der Waals surface area contributed by atoms with Crippen LogP contribution in [-0.2, 0) is 19.1 Å². The fourth-order valence-electron chi connectivity index (χ4n) is 1.75. The van der Waals surface area contributed by atoms with Crippen LogP contribution in [0, 0.1) is 0 Å². The summed E-state index contributed by atoms with van der Waals surface area (Å²) in [5.41, 5.74) is 0. The molecule has 0 saturated heterocycles. The van der Waals surface area contributed by atoms with Gasteiger partial charge in [0.2, 0.25) is 0 Å². The smallest absolute Gasteiger partial charge is 0.320 e. The lowest BCUT2D eigenvalue weighted by molar-refractivity contribution is -0.144. The summed E-state index contributed by atoms with van der Waals surface area (Å²) < 4.78 is 9.78. The summed E-state index contributed by atoms with van der Waals surface area (Å²) in [5, 5.41) is 0. The molecule has 0 amide bonds. The lowest BCUT2D eigenvalue weighted by Crippen LogP contribution is -2.31. The van der Waals surface area contributed by atoms with Crippen LogP contribution in [0.2, 0.25) is 0 Å². The molecule has 0 bridgehead atoms. The zero-order valence-corrected chi connectivity index (χ0v) is 12.4. The Morgan fingerprint density at radius 2 is 1.53 bits per heavy atom. The molecule has 5 heteroatoms. The van der Waals surface area contributed by atoms with E-state index in [-0.39, 0.29) is 11.9 Å². The van der Waals surface area contributed by atoms with Crippen molar-refractivity contribution in [2.75, 3.05) is 32.8 Å². The van der Waals surface area contributed by atoms with Crippen LogP contribution in [0.5, 0.6) is 0 Å². The predicted molar refractivity (Wildman–Crippen MR) is 73.8 cm³/mol. The van der Waals surface area contributed by atoms with Gasteiger partial charge in [-0.2, -0.15) is 0 Å². The third-order valence-corrected chi connectivity index (χ3v) is 2.77. The predicted octanol–water partition coefficient (Wildman–Crippen LogP) is 1.99. The lowest BCUT2D eigenvalue weighted by Gasteiger charge is -2.18. The van der Waals surface area contributed by atoms with Crippen LogP contribution in [0.1, 0.15) is 46.5 Å². The first kappa shape index (κ1) is 17.9. The highest BCUT2D eigenvalue weighted by Crippen LogP contribution is 2.03. The zero-order valence-electron chi connectivity index (χ0n) is 12.4. The van der Waals surface area contributed by atoms with Crippen LogP contribution in [0.3, 0.4) is 0 Å². The van der Waals surface area contributed by atoms with Gasteiger partial charge < -0.3 is 9.47 Å². The highest BCUT2D eigenvalue weighted by molar-refractivity contribution is 5.71. The quantitative estimate of drug-likeness (QED) is 0.426. The van der Waals surface area contributed by atoms with E-state index in [9.17, 15) is 9.59 Å². The van der Waals surface area contributed by atoms with Crippen molar-refractivity contribution >= 4 is 11.9 Å². The van der Waals surface area contributed by atoms with Crippen molar-refractivity contribution in [2.45, 2.75) is 46.5 Å². The number of nitrogens with zero attached hydrogens (tertiary/aromatic N) is 1. The maximum absolute atomic E-state index is 11.3. The minimum absolute atomic E-state index is 0.124. The fraction of sp³-hybridized carbons (Fsp3) is 0.857. The van der Waals surface area contributed by atoms with Crippen LogP contribution in [0.15, 0.2) is 0 Å². The number of likely N-dealkylation sites (N-methyl/N-ethyl adjacent to an activating group) is 1. The monoisotopic (exact) mass is 273 g/mol. The molecule has 0 atom stereocenters. The molecule has 0 aliphatic carbocycles. The van der Waals surface area contributed by atoms with E-state index in [1.165, 1.54) is 0 Å². The summed E-state index contributed by atoms with van der Waals surface area (Å²) in [6.07, 6.45) is 3.28. The van der Waals surface area contributed by atoms with Gasteiger partial charge in [0, 0.05) is 6.42 Å². The average molecular weight is 273 g/mol. The Kier molecular flexibility index (Phi) is 11.3. The van der Waals surface area contributed by atoms with Gasteiger partial charge in [0.1, 0.15) is 0 Å². The Hall–Kier alpha value is -1.10. The van der Waals surface area contributed by atoms with Gasteiger partial charge in [-0.05, 0) is 39.8 Å². The van der Waals surface area contributed by atoms with Crippen LogP contribution in [-0.4, -0.2) is 49.7 Å². The highest BCUT2D eigenvalue weighted by Gasteiger charge is 2.09. The number of ether oxygens (including phenoxy) is 2. The van der Waals surface area contributed by atoms with Crippen molar-refractivity contribution in [1.82, 2.24) is 4.90 Å². The summed E-state index contributed by atoms with van der Waals surface area (Å²) in [5.74, 6) is -0.294. The number of carbonyl (C=O) groups is 2. The first-order valence-corrected chi connectivity index (χ1v) is 7.17. The second kappa shape index (κ2) is 12.0. The van der Waals surface area contributed by atoms with E-state index in [2.05, 4.69) is 4.90 Å². The van der Waals surface area contributed by atoms with Gasteiger partial charge >= 0.3 is 11.9 Å². The normalized spacial score (nSPS) is 10.5. The highest BCUT2D eigenvalue weighted by atomic mass is 16.5. The molecule has 0 radical (unpaired) electrons. The van der Waals surface area contributed by atoms with Gasteiger partial charge in [0.25, 0.3) is 0 Å². The Balaban J connectivity index is 3.61. The van der Waals surface area contributed by atoms with Gasteiger partial charge in [-0.3, -0.25) is 14.5 Å². The number of hydrogen-bond acceptors (Lipinski definition) is 5. The van der Waals surface area contributed by atoms with E-state index < -0.39 is 0 Å². The van der Waals surface area contributed by atoms with Gasteiger partial charge in [0.15, 0.2) is 0 Å². The van der Waals surface area contributed by atoms with E-state index in [4.69, 9.17) is 9.47 Å². The van der Waals surface area contributed by atoms with Gasteiger partial charge in [0.05, 0.1) is 19.8 Å². The van der Waals surface area contributed by atoms with Crippen molar-refractivity contribution in [3.63, 3.8) is 0 Å². The summed E-state index contributed by atoms with van der Waals surface area (Å²) >= 11 is 0. The van der Waals surface area contributed by atoms with E-state index in [1.54, 1.807) is 0 Å². The van der Waals surface area contributed by atoms with Crippen molar-refractivity contribution in [1.29, 1.82) is 0 Å². The molecule has 0 saturated carbocycles. The summed E-state index contributed by atoms with van der Waals surface area (Å²) in [7, 11) is 0. The minimum atomic E-state index is -0.170. The molecule has 0 unspecified atom stereocenters. The number of carbonyl (C=O) groups excluding carboxylic acids is 2. The molecule has 19 heavy (non-hydrogen) atoms. The molecular weight excluding hydrogens is 246 g/mol. The van der Waals surface area contributed by atoms with Crippen LogP contribution in [0.4, 0.5) is 0 Å². The molecule has 0 fully saturated rings. The molecule has 0 aliphatic rings. The molecular formula is C14H27NO4. The summed E-state index contributed by atoms with van der Waals surface area (Å²) in [6.45, 7) is 8.56. The Morgan fingerprint density at radius 1 is 0.895 bits per heavy atom. The van der Waals surface area contributed by atoms with Crippen LogP contribution < -0.4 is 0 Å². The number of rotatable bonds is 11. The maximum Gasteiger partial charge on any atom is 0.320 e. The van der Waals surface area contributed by atoms with Crippen molar-refractivity contribution in [2.24, 2.45) is 0 Å². The number of esters is 2. The zero-order chi connectivity index (χ0) is 14.5. The maximum atomic E-state index is 11.3.